The molecule has 0 N–H and O–H groups in total. The molecule has 144 valence electrons. The quantitative estimate of drug-likeness (QED) is 0.805. The van der Waals surface area contributed by atoms with E-state index in [9.17, 15) is 4.79 Å². The number of carbonyl (C=O) groups excluding carboxylic acids is 1. The highest BCUT2D eigenvalue weighted by atomic mass is 16.5. The van der Waals surface area contributed by atoms with Crippen LogP contribution in [0, 0.1) is 0 Å². The number of carbonyl (C=O) groups is 1. The monoisotopic (exact) mass is 362 g/mol. The minimum Gasteiger partial charge on any atom is -0.497 e. The molecule has 1 aromatic carbocycles. The molecule has 2 aliphatic heterocycles. The summed E-state index contributed by atoms with van der Waals surface area (Å²) in [6.45, 7) is 6.97. The molecule has 0 bridgehead atoms. The van der Waals surface area contributed by atoms with Gasteiger partial charge in [-0.2, -0.15) is 0 Å². The first-order valence-electron chi connectivity index (χ1n) is 9.41. The van der Waals surface area contributed by atoms with Crippen LogP contribution in [0.15, 0.2) is 18.2 Å². The molecular formula is C20H30N2O4. The van der Waals surface area contributed by atoms with Gasteiger partial charge in [0.05, 0.1) is 39.0 Å². The van der Waals surface area contributed by atoms with Crippen LogP contribution < -0.4 is 9.47 Å². The van der Waals surface area contributed by atoms with Crippen molar-refractivity contribution in [1.29, 1.82) is 0 Å². The lowest BCUT2D eigenvalue weighted by Crippen LogP contribution is -2.49. The van der Waals surface area contributed by atoms with Crippen molar-refractivity contribution in [1.82, 2.24) is 9.80 Å². The lowest BCUT2D eigenvalue weighted by Gasteiger charge is -2.36. The highest BCUT2D eigenvalue weighted by Gasteiger charge is 2.34. The second kappa shape index (κ2) is 8.27. The average molecular weight is 362 g/mol. The molecule has 0 aromatic heterocycles. The van der Waals surface area contributed by atoms with Crippen LogP contribution >= 0.6 is 0 Å². The number of nitrogens with zero attached hydrogens (tertiary/aromatic N) is 2. The van der Waals surface area contributed by atoms with Gasteiger partial charge in [-0.05, 0) is 44.9 Å². The van der Waals surface area contributed by atoms with Crippen LogP contribution in [0.5, 0.6) is 11.5 Å². The molecular weight excluding hydrogens is 332 g/mol. The van der Waals surface area contributed by atoms with Crippen molar-refractivity contribution < 1.29 is 19.0 Å². The van der Waals surface area contributed by atoms with Crippen molar-refractivity contribution in [2.75, 3.05) is 40.4 Å². The van der Waals surface area contributed by atoms with E-state index >= 15 is 0 Å². The van der Waals surface area contributed by atoms with Crippen LogP contribution in [0.3, 0.4) is 0 Å². The summed E-state index contributed by atoms with van der Waals surface area (Å²) in [5.74, 6) is 1.78. The maximum atomic E-state index is 13.0. The summed E-state index contributed by atoms with van der Waals surface area (Å²) in [7, 11) is 3.33. The van der Waals surface area contributed by atoms with Crippen molar-refractivity contribution in [3.8, 4) is 11.5 Å². The SMILES string of the molecule is COc1ccc(OC)c([C@@H]2CCCN2C(=O)CN2C[C@H](C)O[C@@H](C)C2)c1. The van der Waals surface area contributed by atoms with E-state index in [1.165, 1.54) is 0 Å². The predicted molar refractivity (Wildman–Crippen MR) is 99.7 cm³/mol. The molecule has 26 heavy (non-hydrogen) atoms. The number of hydrogen-bond acceptors (Lipinski definition) is 5. The van der Waals surface area contributed by atoms with Gasteiger partial charge in [-0.25, -0.2) is 0 Å². The lowest BCUT2D eigenvalue weighted by atomic mass is 10.0. The molecule has 0 unspecified atom stereocenters. The van der Waals surface area contributed by atoms with Crippen molar-refractivity contribution in [3.05, 3.63) is 23.8 Å². The van der Waals surface area contributed by atoms with Crippen molar-refractivity contribution in [2.24, 2.45) is 0 Å². The first-order valence-corrected chi connectivity index (χ1v) is 9.41. The molecule has 3 atom stereocenters. The number of likely N-dealkylation sites (tertiary alicyclic amines) is 1. The Hall–Kier alpha value is -1.79. The van der Waals surface area contributed by atoms with Crippen molar-refractivity contribution in [3.63, 3.8) is 0 Å². The largest absolute Gasteiger partial charge is 0.497 e. The van der Waals surface area contributed by atoms with Gasteiger partial charge in [0.1, 0.15) is 11.5 Å². The molecule has 2 aliphatic rings. The van der Waals surface area contributed by atoms with Crippen LogP contribution in [0.4, 0.5) is 0 Å². The molecule has 2 heterocycles. The number of hydrogen-bond donors (Lipinski definition) is 0. The smallest absolute Gasteiger partial charge is 0.237 e. The van der Waals surface area contributed by atoms with Crippen LogP contribution in [0.25, 0.3) is 0 Å². The Kier molecular flexibility index (Phi) is 6.04. The van der Waals surface area contributed by atoms with Crippen LogP contribution in [-0.2, 0) is 9.53 Å². The van der Waals surface area contributed by atoms with Gasteiger partial charge in [-0.1, -0.05) is 0 Å². The topological polar surface area (TPSA) is 51.2 Å². The summed E-state index contributed by atoms with van der Waals surface area (Å²) in [5, 5.41) is 0. The number of ether oxygens (including phenoxy) is 3. The molecule has 6 nitrogen and oxygen atoms in total. The van der Waals surface area contributed by atoms with Gasteiger partial charge in [0, 0.05) is 25.2 Å². The zero-order valence-corrected chi connectivity index (χ0v) is 16.2. The van der Waals surface area contributed by atoms with Crippen molar-refractivity contribution in [2.45, 2.75) is 44.9 Å². The third-order valence-electron chi connectivity index (χ3n) is 5.22. The van der Waals surface area contributed by atoms with E-state index in [-0.39, 0.29) is 24.2 Å². The second-order valence-corrected chi connectivity index (χ2v) is 7.30. The number of methoxy groups -OCH3 is 2. The first-order chi connectivity index (χ1) is 12.5. The third-order valence-corrected chi connectivity index (χ3v) is 5.22. The summed E-state index contributed by atoms with van der Waals surface area (Å²) in [6, 6.07) is 5.84. The van der Waals surface area contributed by atoms with E-state index in [0.717, 1.165) is 49.5 Å². The van der Waals surface area contributed by atoms with Gasteiger partial charge < -0.3 is 19.1 Å². The molecule has 6 heteroatoms. The number of morpholine rings is 1. The molecule has 0 radical (unpaired) electrons. The fourth-order valence-electron chi connectivity index (χ4n) is 4.18. The molecule has 0 saturated carbocycles. The van der Waals surface area contributed by atoms with Gasteiger partial charge in [0.25, 0.3) is 0 Å². The number of benzene rings is 1. The fourth-order valence-corrected chi connectivity index (χ4v) is 4.18. The molecule has 0 aliphatic carbocycles. The third kappa shape index (κ3) is 4.13. The van der Waals surface area contributed by atoms with E-state index in [0.29, 0.717) is 6.54 Å². The Morgan fingerprint density at radius 1 is 1.19 bits per heavy atom. The van der Waals surface area contributed by atoms with E-state index in [4.69, 9.17) is 14.2 Å². The molecule has 0 spiro atoms. The van der Waals surface area contributed by atoms with Crippen molar-refractivity contribution >= 4 is 5.91 Å². The molecule has 3 rings (SSSR count). The Morgan fingerprint density at radius 3 is 2.58 bits per heavy atom. The summed E-state index contributed by atoms with van der Waals surface area (Å²) in [6.07, 6.45) is 2.29. The number of amides is 1. The molecule has 2 fully saturated rings. The Labute approximate surface area is 156 Å². The molecule has 1 aromatic rings. The zero-order valence-electron chi connectivity index (χ0n) is 16.2. The maximum Gasteiger partial charge on any atom is 0.237 e. The van der Waals surface area contributed by atoms with Gasteiger partial charge in [0.2, 0.25) is 5.91 Å². The van der Waals surface area contributed by atoms with E-state index in [1.54, 1.807) is 14.2 Å². The summed E-state index contributed by atoms with van der Waals surface area (Å²) in [4.78, 5) is 17.2. The van der Waals surface area contributed by atoms with Gasteiger partial charge in [0.15, 0.2) is 0 Å². The Balaban J connectivity index is 1.74. The van der Waals surface area contributed by atoms with E-state index in [1.807, 2.05) is 23.1 Å². The zero-order chi connectivity index (χ0) is 18.7. The summed E-state index contributed by atoms with van der Waals surface area (Å²) in [5.41, 5.74) is 1.03. The Morgan fingerprint density at radius 2 is 1.92 bits per heavy atom. The van der Waals surface area contributed by atoms with Gasteiger partial charge in [-0.3, -0.25) is 9.69 Å². The van der Waals surface area contributed by atoms with E-state index in [2.05, 4.69) is 18.7 Å². The summed E-state index contributed by atoms with van der Waals surface area (Å²) >= 11 is 0. The Bertz CT molecular complexity index is 626. The van der Waals surface area contributed by atoms with Crippen LogP contribution in [0.1, 0.15) is 38.3 Å². The average Bonchev–Trinajstić information content (AvgIpc) is 3.10. The highest BCUT2D eigenvalue weighted by molar-refractivity contribution is 5.79. The van der Waals surface area contributed by atoms with E-state index < -0.39 is 0 Å². The van der Waals surface area contributed by atoms with Gasteiger partial charge >= 0.3 is 0 Å². The molecule has 2 saturated heterocycles. The summed E-state index contributed by atoms with van der Waals surface area (Å²) < 4.78 is 16.7. The fraction of sp³-hybridized carbons (Fsp3) is 0.650. The highest BCUT2D eigenvalue weighted by Crippen LogP contribution is 2.39. The van der Waals surface area contributed by atoms with Gasteiger partial charge in [-0.15, -0.1) is 0 Å². The minimum absolute atomic E-state index is 0.0448. The standard InChI is InChI=1S/C20H30N2O4/c1-14-11-21(12-15(2)26-14)13-20(23)22-9-5-6-18(22)17-10-16(24-3)7-8-19(17)25-4/h7-8,10,14-15,18H,5-6,9,11-13H2,1-4H3/t14-,15-,18-/m0/s1. The number of rotatable bonds is 5. The first kappa shape index (κ1) is 19.0. The molecule has 1 amide bonds. The maximum absolute atomic E-state index is 13.0. The normalized spacial score (nSPS) is 26.8. The van der Waals surface area contributed by atoms with Crippen LogP contribution in [-0.4, -0.2) is 68.3 Å². The second-order valence-electron chi connectivity index (χ2n) is 7.30. The van der Waals surface area contributed by atoms with Crippen LogP contribution in [0.2, 0.25) is 0 Å². The lowest BCUT2D eigenvalue weighted by molar-refractivity contribution is -0.136. The minimum atomic E-state index is 0.0448. The predicted octanol–water partition coefficient (Wildman–Crippen LogP) is 2.48.